The van der Waals surface area contributed by atoms with Gasteiger partial charge in [0.15, 0.2) is 0 Å². The van der Waals surface area contributed by atoms with Crippen LogP contribution in [0.2, 0.25) is 0 Å². The second-order valence-corrected chi connectivity index (χ2v) is 7.30. The summed E-state index contributed by atoms with van der Waals surface area (Å²) in [6.45, 7) is 6.70. The Morgan fingerprint density at radius 3 is 2.55 bits per heavy atom. The Morgan fingerprint density at radius 1 is 1.32 bits per heavy atom. The van der Waals surface area contributed by atoms with E-state index in [0.717, 1.165) is 17.3 Å². The molecule has 1 aliphatic rings. The third-order valence-corrected chi connectivity index (χ3v) is 4.07. The number of benzene rings is 1. The molecular formula is C16H21BrFNO3. The molecule has 0 aromatic heterocycles. The van der Waals surface area contributed by atoms with Crippen molar-refractivity contribution >= 4 is 21.9 Å². The first-order valence-corrected chi connectivity index (χ1v) is 8.14. The van der Waals surface area contributed by atoms with Crippen molar-refractivity contribution in [2.24, 2.45) is 5.41 Å². The van der Waals surface area contributed by atoms with E-state index < -0.39 is 5.41 Å². The summed E-state index contributed by atoms with van der Waals surface area (Å²) >= 11 is 3.35. The molecule has 0 radical (unpaired) electrons. The number of carbonyl (C=O) groups excluding carboxylic acids is 1. The van der Waals surface area contributed by atoms with Gasteiger partial charge in [0.05, 0.1) is 9.89 Å². The van der Waals surface area contributed by atoms with E-state index in [1.54, 1.807) is 11.1 Å². The molecule has 0 N–H and O–H groups in total. The molecule has 1 saturated heterocycles. The van der Waals surface area contributed by atoms with Crippen LogP contribution in [0.3, 0.4) is 0 Å². The summed E-state index contributed by atoms with van der Waals surface area (Å²) in [5.74, 6) is -0.0559. The van der Waals surface area contributed by atoms with Crippen LogP contribution in [0.4, 0.5) is 4.39 Å². The summed E-state index contributed by atoms with van der Waals surface area (Å²) in [5, 5.41) is 1.67. The van der Waals surface area contributed by atoms with E-state index in [9.17, 15) is 9.18 Å². The molecule has 0 aliphatic carbocycles. The van der Waals surface area contributed by atoms with Gasteiger partial charge < -0.3 is 9.57 Å². The second-order valence-electron chi connectivity index (χ2n) is 6.45. The maximum atomic E-state index is 13.3. The van der Waals surface area contributed by atoms with Gasteiger partial charge in [0.1, 0.15) is 17.7 Å². The van der Waals surface area contributed by atoms with Gasteiger partial charge in [0.25, 0.3) is 0 Å². The Bertz CT molecular complexity index is 537. The predicted molar refractivity (Wildman–Crippen MR) is 84.9 cm³/mol. The predicted octanol–water partition coefficient (Wildman–Crippen LogP) is 3.94. The van der Waals surface area contributed by atoms with Crippen molar-refractivity contribution in [1.82, 2.24) is 5.06 Å². The summed E-state index contributed by atoms with van der Waals surface area (Å²) in [6.07, 6.45) is 1.43. The number of hydrogen-bond acceptors (Lipinski definition) is 4. The van der Waals surface area contributed by atoms with E-state index in [2.05, 4.69) is 15.9 Å². The van der Waals surface area contributed by atoms with Gasteiger partial charge in [-0.3, -0.25) is 0 Å². The van der Waals surface area contributed by atoms with Gasteiger partial charge in [0.2, 0.25) is 0 Å². The van der Waals surface area contributed by atoms with Crippen LogP contribution in [0, 0.1) is 11.2 Å². The fourth-order valence-corrected chi connectivity index (χ4v) is 2.38. The van der Waals surface area contributed by atoms with Crippen LogP contribution in [-0.4, -0.2) is 30.2 Å². The molecule has 1 aliphatic heterocycles. The van der Waals surface area contributed by atoms with Crippen molar-refractivity contribution < 1.29 is 18.8 Å². The van der Waals surface area contributed by atoms with Crippen molar-refractivity contribution in [1.29, 1.82) is 0 Å². The van der Waals surface area contributed by atoms with E-state index in [-0.39, 0.29) is 17.9 Å². The number of halogens is 2. The van der Waals surface area contributed by atoms with Gasteiger partial charge in [-0.2, -0.15) is 0 Å². The smallest absolute Gasteiger partial charge is 0.330 e. The molecule has 0 spiro atoms. The number of carbonyl (C=O) groups is 1. The topological polar surface area (TPSA) is 38.8 Å². The standard InChI is InChI=1S/C16H21BrFNO3/c1-16(2,3)15(20)22-19-8-6-12(7-9-19)21-14-10-11(18)4-5-13(14)17/h4-5,10,12H,6-9H2,1-3H3. The molecule has 122 valence electrons. The highest BCUT2D eigenvalue weighted by molar-refractivity contribution is 9.10. The lowest BCUT2D eigenvalue weighted by molar-refractivity contribution is -0.207. The van der Waals surface area contributed by atoms with Crippen molar-refractivity contribution in [2.45, 2.75) is 39.7 Å². The van der Waals surface area contributed by atoms with Crippen molar-refractivity contribution in [3.8, 4) is 5.75 Å². The zero-order valence-electron chi connectivity index (χ0n) is 13.1. The molecule has 0 bridgehead atoms. The van der Waals surface area contributed by atoms with E-state index in [4.69, 9.17) is 9.57 Å². The monoisotopic (exact) mass is 373 g/mol. The van der Waals surface area contributed by atoms with E-state index in [1.165, 1.54) is 12.1 Å². The quantitative estimate of drug-likeness (QED) is 0.804. The number of hydroxylamine groups is 2. The van der Waals surface area contributed by atoms with Crippen LogP contribution in [0.15, 0.2) is 22.7 Å². The molecule has 0 amide bonds. The minimum atomic E-state index is -0.514. The summed E-state index contributed by atoms with van der Waals surface area (Å²) in [6, 6.07) is 4.38. The molecule has 0 atom stereocenters. The molecule has 4 nitrogen and oxygen atoms in total. The molecule has 22 heavy (non-hydrogen) atoms. The van der Waals surface area contributed by atoms with Gasteiger partial charge >= 0.3 is 5.97 Å². The maximum absolute atomic E-state index is 13.3. The summed E-state index contributed by atoms with van der Waals surface area (Å²) in [7, 11) is 0. The van der Waals surface area contributed by atoms with Crippen LogP contribution in [0.1, 0.15) is 33.6 Å². The molecule has 2 rings (SSSR count). The lowest BCUT2D eigenvalue weighted by atomic mass is 9.98. The minimum absolute atomic E-state index is 0.0114. The first-order chi connectivity index (χ1) is 10.3. The fourth-order valence-electron chi connectivity index (χ4n) is 2.04. The fraction of sp³-hybridized carbons (Fsp3) is 0.562. The Morgan fingerprint density at radius 2 is 1.95 bits per heavy atom. The third kappa shape index (κ3) is 4.68. The second kappa shape index (κ2) is 6.96. The van der Waals surface area contributed by atoms with Crippen molar-refractivity contribution in [3.05, 3.63) is 28.5 Å². The first-order valence-electron chi connectivity index (χ1n) is 7.35. The summed E-state index contributed by atoms with van der Waals surface area (Å²) in [4.78, 5) is 17.2. The van der Waals surface area contributed by atoms with Crippen molar-refractivity contribution in [3.63, 3.8) is 0 Å². The zero-order chi connectivity index (χ0) is 16.3. The van der Waals surface area contributed by atoms with Crippen LogP contribution in [0.25, 0.3) is 0 Å². The van der Waals surface area contributed by atoms with Crippen LogP contribution in [-0.2, 0) is 9.63 Å². The molecule has 0 saturated carbocycles. The molecule has 1 fully saturated rings. The SMILES string of the molecule is CC(C)(C)C(=O)ON1CCC(Oc2cc(F)ccc2Br)CC1. The van der Waals surface area contributed by atoms with Gasteiger partial charge in [-0.05, 0) is 48.8 Å². The number of rotatable bonds is 3. The van der Waals surface area contributed by atoms with Gasteiger partial charge in [-0.1, -0.05) is 0 Å². The molecule has 0 unspecified atom stereocenters. The Hall–Kier alpha value is -1.14. The van der Waals surface area contributed by atoms with E-state index in [0.29, 0.717) is 18.8 Å². The first kappa shape index (κ1) is 17.2. The van der Waals surface area contributed by atoms with Gasteiger partial charge in [0, 0.05) is 32.0 Å². The largest absolute Gasteiger partial charge is 0.489 e. The highest BCUT2D eigenvalue weighted by Crippen LogP contribution is 2.28. The number of nitrogens with zero attached hydrogens (tertiary/aromatic N) is 1. The third-order valence-electron chi connectivity index (χ3n) is 3.41. The minimum Gasteiger partial charge on any atom is -0.489 e. The lowest BCUT2D eigenvalue weighted by Gasteiger charge is -2.32. The number of ether oxygens (including phenoxy) is 1. The highest BCUT2D eigenvalue weighted by Gasteiger charge is 2.29. The van der Waals surface area contributed by atoms with Crippen LogP contribution >= 0.6 is 15.9 Å². The van der Waals surface area contributed by atoms with Crippen LogP contribution < -0.4 is 4.74 Å². The summed E-state index contributed by atoms with van der Waals surface area (Å²) in [5.41, 5.74) is -0.514. The van der Waals surface area contributed by atoms with Gasteiger partial charge in [-0.25, -0.2) is 9.18 Å². The normalized spacial score (nSPS) is 17.3. The number of piperidine rings is 1. The molecule has 1 aromatic rings. The Labute approximate surface area is 138 Å². The average molecular weight is 374 g/mol. The Balaban J connectivity index is 1.85. The molecule has 1 aromatic carbocycles. The zero-order valence-corrected chi connectivity index (χ0v) is 14.7. The molecule has 6 heteroatoms. The summed E-state index contributed by atoms with van der Waals surface area (Å²) < 4.78 is 19.8. The lowest BCUT2D eigenvalue weighted by Crippen LogP contribution is -2.41. The van der Waals surface area contributed by atoms with Crippen molar-refractivity contribution in [2.75, 3.05) is 13.1 Å². The number of hydrogen-bond donors (Lipinski definition) is 0. The highest BCUT2D eigenvalue weighted by atomic mass is 79.9. The van der Waals surface area contributed by atoms with Gasteiger partial charge in [-0.15, -0.1) is 5.06 Å². The van der Waals surface area contributed by atoms with E-state index >= 15 is 0 Å². The molecule has 1 heterocycles. The van der Waals surface area contributed by atoms with E-state index in [1.807, 2.05) is 20.8 Å². The maximum Gasteiger partial charge on any atom is 0.330 e. The Kier molecular flexibility index (Phi) is 5.45. The molecular weight excluding hydrogens is 353 g/mol. The van der Waals surface area contributed by atoms with Crippen LogP contribution in [0.5, 0.6) is 5.75 Å². The average Bonchev–Trinajstić information content (AvgIpc) is 2.44.